The Morgan fingerprint density at radius 1 is 1.04 bits per heavy atom. The minimum absolute atomic E-state index is 0. The van der Waals surface area contributed by atoms with Gasteiger partial charge in [0.1, 0.15) is 18.3 Å². The smallest absolute Gasteiger partial charge is 0.355 e. The van der Waals surface area contributed by atoms with Gasteiger partial charge in [-0.3, -0.25) is 0 Å². The van der Waals surface area contributed by atoms with E-state index in [4.69, 9.17) is 4.74 Å². The summed E-state index contributed by atoms with van der Waals surface area (Å²) in [7, 11) is 6.28. The predicted octanol–water partition coefficient (Wildman–Crippen LogP) is 0.945. The standard InChI is InChI=1S/C22H27N2O2.HI/c1-17(16-24(2,3)4)26-22(25)21-14-19-12-8-9-13-20(19)23(21)15-18-10-6-5-7-11-18;/h5-14,17H,15-16H2,1-4H3;1H/q+1;/p-1. The fraction of sp³-hybridized carbons (Fsp3) is 0.318. The van der Waals surface area contributed by atoms with Crippen molar-refractivity contribution >= 4 is 16.9 Å². The predicted molar refractivity (Wildman–Crippen MR) is 105 cm³/mol. The van der Waals surface area contributed by atoms with Crippen LogP contribution in [-0.2, 0) is 11.3 Å². The lowest BCUT2D eigenvalue weighted by atomic mass is 10.2. The van der Waals surface area contributed by atoms with Crippen molar-refractivity contribution in [3.05, 3.63) is 71.9 Å². The molecule has 0 aliphatic carbocycles. The summed E-state index contributed by atoms with van der Waals surface area (Å²) in [6.45, 7) is 3.36. The number of benzene rings is 2. The summed E-state index contributed by atoms with van der Waals surface area (Å²) in [5.41, 5.74) is 2.80. The van der Waals surface area contributed by atoms with Crippen LogP contribution >= 0.6 is 0 Å². The number of carbonyl (C=O) groups excluding carboxylic acids is 1. The van der Waals surface area contributed by atoms with Crippen LogP contribution in [0.15, 0.2) is 60.7 Å². The Labute approximate surface area is 178 Å². The van der Waals surface area contributed by atoms with E-state index in [0.717, 1.165) is 27.5 Å². The third-order valence-electron chi connectivity index (χ3n) is 4.32. The molecule has 0 radical (unpaired) electrons. The zero-order valence-corrected chi connectivity index (χ0v) is 18.5. The Morgan fingerprint density at radius 3 is 2.33 bits per heavy atom. The highest BCUT2D eigenvalue weighted by molar-refractivity contribution is 5.95. The number of ether oxygens (including phenoxy) is 1. The second-order valence-electron chi connectivity index (χ2n) is 7.85. The molecule has 144 valence electrons. The molecule has 0 fully saturated rings. The monoisotopic (exact) mass is 478 g/mol. The van der Waals surface area contributed by atoms with Crippen LogP contribution in [0.2, 0.25) is 0 Å². The van der Waals surface area contributed by atoms with E-state index in [1.807, 2.05) is 60.0 Å². The molecule has 0 N–H and O–H groups in total. The molecule has 4 nitrogen and oxygen atoms in total. The number of nitrogens with zero attached hydrogens (tertiary/aromatic N) is 2. The van der Waals surface area contributed by atoms with Gasteiger partial charge in [-0.2, -0.15) is 0 Å². The number of carbonyl (C=O) groups is 1. The molecule has 2 aromatic carbocycles. The number of likely N-dealkylation sites (N-methyl/N-ethyl adjacent to an activating group) is 1. The lowest BCUT2D eigenvalue weighted by Gasteiger charge is -2.27. The van der Waals surface area contributed by atoms with E-state index >= 15 is 0 Å². The van der Waals surface area contributed by atoms with Gasteiger partial charge < -0.3 is 37.8 Å². The summed E-state index contributed by atoms with van der Waals surface area (Å²) >= 11 is 0. The second-order valence-corrected chi connectivity index (χ2v) is 7.85. The van der Waals surface area contributed by atoms with Crippen LogP contribution in [0.25, 0.3) is 10.9 Å². The van der Waals surface area contributed by atoms with Gasteiger partial charge in [0.2, 0.25) is 0 Å². The molecule has 0 saturated heterocycles. The van der Waals surface area contributed by atoms with Crippen molar-refractivity contribution in [1.82, 2.24) is 4.57 Å². The minimum atomic E-state index is -0.266. The highest BCUT2D eigenvalue weighted by atomic mass is 127. The van der Waals surface area contributed by atoms with Gasteiger partial charge in [0.15, 0.2) is 0 Å². The first-order valence-electron chi connectivity index (χ1n) is 8.97. The summed E-state index contributed by atoms with van der Waals surface area (Å²) < 4.78 is 8.54. The highest BCUT2D eigenvalue weighted by Gasteiger charge is 2.22. The molecular formula is C22H27IN2O2. The zero-order valence-electron chi connectivity index (χ0n) is 16.4. The molecular weight excluding hydrogens is 451 g/mol. The number of halogens is 1. The number of rotatable bonds is 6. The first-order valence-corrected chi connectivity index (χ1v) is 8.97. The Bertz CT molecular complexity index is 898. The summed E-state index contributed by atoms with van der Waals surface area (Å²) in [5.74, 6) is -0.266. The topological polar surface area (TPSA) is 31.2 Å². The van der Waals surface area contributed by atoms with Gasteiger partial charge in [-0.25, -0.2) is 4.79 Å². The third kappa shape index (κ3) is 5.56. The van der Waals surface area contributed by atoms with Crippen LogP contribution in [0, 0.1) is 0 Å². The van der Waals surface area contributed by atoms with Gasteiger partial charge in [-0.05, 0) is 24.6 Å². The molecule has 3 aromatic rings. The lowest BCUT2D eigenvalue weighted by molar-refractivity contribution is -0.873. The summed E-state index contributed by atoms with van der Waals surface area (Å²) in [4.78, 5) is 12.9. The largest absolute Gasteiger partial charge is 1.00 e. The molecule has 0 aliphatic rings. The van der Waals surface area contributed by atoms with Crippen molar-refractivity contribution in [2.75, 3.05) is 27.7 Å². The maximum absolute atomic E-state index is 12.9. The SMILES string of the molecule is CC(C[N+](C)(C)C)OC(=O)c1cc2ccccc2n1Cc1ccccc1.[I-]. The van der Waals surface area contributed by atoms with E-state index in [1.54, 1.807) is 0 Å². The minimum Gasteiger partial charge on any atom is -1.00 e. The summed E-state index contributed by atoms with van der Waals surface area (Å²) in [6.07, 6.45) is -0.148. The highest BCUT2D eigenvalue weighted by Crippen LogP contribution is 2.22. The van der Waals surface area contributed by atoms with Crippen molar-refractivity contribution in [1.29, 1.82) is 0 Å². The molecule has 0 spiro atoms. The number of para-hydroxylation sites is 1. The average Bonchev–Trinajstić information content (AvgIpc) is 2.93. The first kappa shape index (κ1) is 21.4. The van der Waals surface area contributed by atoms with E-state index in [2.05, 4.69) is 33.3 Å². The van der Waals surface area contributed by atoms with Crippen molar-refractivity contribution < 1.29 is 38.0 Å². The Morgan fingerprint density at radius 2 is 1.67 bits per heavy atom. The fourth-order valence-corrected chi connectivity index (χ4v) is 3.37. The molecule has 0 aliphatic heterocycles. The van der Waals surface area contributed by atoms with Gasteiger partial charge in [-0.15, -0.1) is 0 Å². The molecule has 0 bridgehead atoms. The van der Waals surface area contributed by atoms with Crippen LogP contribution in [0.4, 0.5) is 0 Å². The molecule has 3 rings (SSSR count). The molecule has 27 heavy (non-hydrogen) atoms. The Kier molecular flexibility index (Phi) is 7.06. The molecule has 0 amide bonds. The Balaban J connectivity index is 0.00000261. The van der Waals surface area contributed by atoms with Crippen LogP contribution < -0.4 is 24.0 Å². The van der Waals surface area contributed by atoms with E-state index in [9.17, 15) is 4.79 Å². The Hall–Kier alpha value is -1.86. The number of fused-ring (bicyclic) bond motifs is 1. The third-order valence-corrected chi connectivity index (χ3v) is 4.32. The molecule has 1 unspecified atom stereocenters. The van der Waals surface area contributed by atoms with Gasteiger partial charge in [-0.1, -0.05) is 48.5 Å². The van der Waals surface area contributed by atoms with E-state index in [0.29, 0.717) is 12.2 Å². The van der Waals surface area contributed by atoms with Crippen molar-refractivity contribution in [2.24, 2.45) is 0 Å². The van der Waals surface area contributed by atoms with Gasteiger partial charge in [0.25, 0.3) is 0 Å². The summed E-state index contributed by atoms with van der Waals surface area (Å²) in [5, 5.41) is 1.05. The molecule has 1 aromatic heterocycles. The van der Waals surface area contributed by atoms with Gasteiger partial charge in [0.05, 0.1) is 21.1 Å². The van der Waals surface area contributed by atoms with E-state index < -0.39 is 0 Å². The van der Waals surface area contributed by atoms with E-state index in [1.165, 1.54) is 0 Å². The summed E-state index contributed by atoms with van der Waals surface area (Å²) in [6, 6.07) is 20.2. The van der Waals surface area contributed by atoms with Crippen LogP contribution in [0.3, 0.4) is 0 Å². The van der Waals surface area contributed by atoms with E-state index in [-0.39, 0.29) is 36.0 Å². The van der Waals surface area contributed by atoms with Crippen molar-refractivity contribution in [3.8, 4) is 0 Å². The maximum Gasteiger partial charge on any atom is 0.355 e. The van der Waals surface area contributed by atoms with Crippen LogP contribution in [0.5, 0.6) is 0 Å². The van der Waals surface area contributed by atoms with Crippen molar-refractivity contribution in [3.63, 3.8) is 0 Å². The van der Waals surface area contributed by atoms with Gasteiger partial charge in [0, 0.05) is 17.4 Å². The fourth-order valence-electron chi connectivity index (χ4n) is 3.37. The molecule has 0 saturated carbocycles. The zero-order chi connectivity index (χ0) is 18.7. The second kappa shape index (κ2) is 8.89. The molecule has 1 atom stereocenters. The average molecular weight is 478 g/mol. The number of esters is 1. The molecule has 1 heterocycles. The number of hydrogen-bond acceptors (Lipinski definition) is 2. The van der Waals surface area contributed by atoms with Gasteiger partial charge >= 0.3 is 5.97 Å². The molecule has 5 heteroatoms. The quantitative estimate of drug-likeness (QED) is 0.300. The normalized spacial score (nSPS) is 12.4. The maximum atomic E-state index is 12.9. The number of hydrogen-bond donors (Lipinski definition) is 0. The first-order chi connectivity index (χ1) is 12.3. The number of quaternary nitrogens is 1. The van der Waals surface area contributed by atoms with Crippen LogP contribution in [0.1, 0.15) is 23.0 Å². The number of aromatic nitrogens is 1. The lowest BCUT2D eigenvalue weighted by Crippen LogP contribution is -3.00. The van der Waals surface area contributed by atoms with Crippen LogP contribution in [-0.4, -0.2) is 48.8 Å². The van der Waals surface area contributed by atoms with Crippen molar-refractivity contribution in [2.45, 2.75) is 19.6 Å².